The molecule has 4 nitrogen and oxygen atoms in total. The number of carbonyl (C=O) groups is 2. The van der Waals surface area contributed by atoms with Crippen LogP contribution in [0.15, 0.2) is 0 Å². The normalized spacial score (nSPS) is 26.3. The average molecular weight is 266 g/mol. The first-order valence-corrected chi connectivity index (χ1v) is 7.67. The van der Waals surface area contributed by atoms with E-state index in [1.165, 1.54) is 0 Å². The van der Waals surface area contributed by atoms with Crippen LogP contribution in [0, 0.1) is 5.92 Å². The summed E-state index contributed by atoms with van der Waals surface area (Å²) in [4.78, 5) is 26.9. The molecule has 19 heavy (non-hydrogen) atoms. The van der Waals surface area contributed by atoms with E-state index >= 15 is 0 Å². The van der Waals surface area contributed by atoms with Crippen LogP contribution in [0.1, 0.15) is 59.3 Å². The number of amides is 2. The molecule has 1 aliphatic carbocycles. The fourth-order valence-electron chi connectivity index (χ4n) is 3.49. The molecule has 1 saturated carbocycles. The summed E-state index contributed by atoms with van der Waals surface area (Å²) in [6.07, 6.45) is 5.89. The lowest BCUT2D eigenvalue weighted by atomic mass is 9.87. The summed E-state index contributed by atoms with van der Waals surface area (Å²) >= 11 is 0. The van der Waals surface area contributed by atoms with Gasteiger partial charge >= 0.3 is 0 Å². The van der Waals surface area contributed by atoms with Gasteiger partial charge in [0, 0.05) is 6.54 Å². The molecule has 0 radical (unpaired) electrons. The quantitative estimate of drug-likeness (QED) is 0.847. The minimum Gasteiger partial charge on any atom is -0.343 e. The third-order valence-corrected chi connectivity index (χ3v) is 4.95. The van der Waals surface area contributed by atoms with E-state index in [9.17, 15) is 9.59 Å². The van der Waals surface area contributed by atoms with Crippen LogP contribution in [0.25, 0.3) is 0 Å². The largest absolute Gasteiger partial charge is 0.343 e. The Labute approximate surface area is 115 Å². The van der Waals surface area contributed by atoms with Gasteiger partial charge in [0.2, 0.25) is 11.8 Å². The first kappa shape index (κ1) is 14.4. The van der Waals surface area contributed by atoms with Crippen molar-refractivity contribution in [3.8, 4) is 0 Å². The molecule has 1 N–H and O–H groups in total. The third kappa shape index (κ3) is 2.37. The minimum absolute atomic E-state index is 0.0723. The number of piperazine rings is 1. The smallest absolute Gasteiger partial charge is 0.246 e. The number of hydrogen-bond donors (Lipinski definition) is 1. The SMILES string of the molecule is CCC(CC)CN1C(=O)C(C)NC(=O)C12CCCC2. The van der Waals surface area contributed by atoms with Crippen LogP contribution in [0.4, 0.5) is 0 Å². The molecule has 1 heterocycles. The van der Waals surface area contributed by atoms with Crippen molar-refractivity contribution >= 4 is 11.8 Å². The zero-order valence-corrected chi connectivity index (χ0v) is 12.4. The van der Waals surface area contributed by atoms with Gasteiger partial charge in [-0.2, -0.15) is 0 Å². The van der Waals surface area contributed by atoms with E-state index in [1.54, 1.807) is 6.92 Å². The predicted molar refractivity (Wildman–Crippen MR) is 74.6 cm³/mol. The van der Waals surface area contributed by atoms with Gasteiger partial charge in [0.05, 0.1) is 0 Å². The van der Waals surface area contributed by atoms with Crippen LogP contribution in [0.2, 0.25) is 0 Å². The Morgan fingerprint density at radius 1 is 1.26 bits per heavy atom. The van der Waals surface area contributed by atoms with Crippen molar-refractivity contribution in [1.82, 2.24) is 10.2 Å². The van der Waals surface area contributed by atoms with Crippen LogP contribution in [0.3, 0.4) is 0 Å². The Kier molecular flexibility index (Phi) is 4.16. The fraction of sp³-hybridized carbons (Fsp3) is 0.867. The zero-order chi connectivity index (χ0) is 14.0. The molecule has 2 amide bonds. The van der Waals surface area contributed by atoms with E-state index in [4.69, 9.17) is 0 Å². The predicted octanol–water partition coefficient (Wildman–Crippen LogP) is 2.08. The average Bonchev–Trinajstić information content (AvgIpc) is 2.88. The highest BCUT2D eigenvalue weighted by Crippen LogP contribution is 2.38. The molecule has 0 aromatic rings. The Balaban J connectivity index is 2.26. The second-order valence-electron chi connectivity index (χ2n) is 6.07. The molecule has 1 aliphatic heterocycles. The van der Waals surface area contributed by atoms with Gasteiger partial charge in [-0.25, -0.2) is 0 Å². The lowest BCUT2D eigenvalue weighted by Crippen LogP contribution is -2.69. The lowest BCUT2D eigenvalue weighted by Gasteiger charge is -2.47. The molecular weight excluding hydrogens is 240 g/mol. The highest BCUT2D eigenvalue weighted by atomic mass is 16.2. The van der Waals surface area contributed by atoms with Gasteiger partial charge in [0.15, 0.2) is 0 Å². The molecule has 1 spiro atoms. The molecule has 4 heteroatoms. The van der Waals surface area contributed by atoms with Gasteiger partial charge in [-0.1, -0.05) is 39.5 Å². The summed E-state index contributed by atoms with van der Waals surface area (Å²) in [7, 11) is 0. The molecule has 0 bridgehead atoms. The number of carbonyl (C=O) groups excluding carboxylic acids is 2. The highest BCUT2D eigenvalue weighted by Gasteiger charge is 2.52. The molecule has 1 unspecified atom stereocenters. The molecule has 2 fully saturated rings. The van der Waals surface area contributed by atoms with Crippen molar-refractivity contribution in [1.29, 1.82) is 0 Å². The molecule has 2 aliphatic rings. The van der Waals surface area contributed by atoms with E-state index in [0.717, 1.165) is 45.1 Å². The summed E-state index contributed by atoms with van der Waals surface area (Å²) in [5.41, 5.74) is -0.536. The topological polar surface area (TPSA) is 49.4 Å². The van der Waals surface area contributed by atoms with E-state index in [-0.39, 0.29) is 17.9 Å². The summed E-state index contributed by atoms with van der Waals surface area (Å²) < 4.78 is 0. The van der Waals surface area contributed by atoms with E-state index < -0.39 is 5.54 Å². The maximum Gasteiger partial charge on any atom is 0.246 e. The standard InChI is InChI=1S/C15H26N2O2/c1-4-12(5-2)10-17-13(18)11(3)16-14(19)15(17)8-6-7-9-15/h11-12H,4-10H2,1-3H3,(H,16,19). The second-order valence-corrected chi connectivity index (χ2v) is 6.07. The van der Waals surface area contributed by atoms with Crippen molar-refractivity contribution in [2.75, 3.05) is 6.54 Å². The molecule has 2 rings (SSSR count). The Hall–Kier alpha value is -1.06. The van der Waals surface area contributed by atoms with E-state index in [1.807, 2.05) is 4.90 Å². The molecule has 1 atom stereocenters. The van der Waals surface area contributed by atoms with Gasteiger partial charge in [-0.3, -0.25) is 9.59 Å². The van der Waals surface area contributed by atoms with Crippen molar-refractivity contribution < 1.29 is 9.59 Å². The number of nitrogens with zero attached hydrogens (tertiary/aromatic N) is 1. The zero-order valence-electron chi connectivity index (χ0n) is 12.4. The molecule has 0 aromatic carbocycles. The molecular formula is C15H26N2O2. The number of rotatable bonds is 4. The first-order valence-electron chi connectivity index (χ1n) is 7.67. The molecule has 0 aromatic heterocycles. The van der Waals surface area contributed by atoms with Crippen LogP contribution in [0.5, 0.6) is 0 Å². The molecule has 108 valence electrons. The van der Waals surface area contributed by atoms with Crippen molar-refractivity contribution in [3.63, 3.8) is 0 Å². The number of nitrogens with one attached hydrogen (secondary N) is 1. The summed E-state index contributed by atoms with van der Waals surface area (Å²) in [6.45, 7) is 6.85. The van der Waals surface area contributed by atoms with Gasteiger partial charge in [0.25, 0.3) is 0 Å². The van der Waals surface area contributed by atoms with E-state index in [2.05, 4.69) is 19.2 Å². The number of hydrogen-bond acceptors (Lipinski definition) is 2. The van der Waals surface area contributed by atoms with Crippen LogP contribution < -0.4 is 5.32 Å². The third-order valence-electron chi connectivity index (χ3n) is 4.95. The fourth-order valence-corrected chi connectivity index (χ4v) is 3.49. The van der Waals surface area contributed by atoms with Crippen LogP contribution in [-0.2, 0) is 9.59 Å². The van der Waals surface area contributed by atoms with E-state index in [0.29, 0.717) is 5.92 Å². The maximum atomic E-state index is 12.5. The van der Waals surface area contributed by atoms with Crippen molar-refractivity contribution in [2.45, 2.75) is 70.9 Å². The lowest BCUT2D eigenvalue weighted by molar-refractivity contribution is -0.157. The van der Waals surface area contributed by atoms with Crippen LogP contribution in [-0.4, -0.2) is 34.8 Å². The summed E-state index contributed by atoms with van der Waals surface area (Å²) in [6, 6.07) is -0.368. The van der Waals surface area contributed by atoms with Gasteiger partial charge in [-0.15, -0.1) is 0 Å². The minimum atomic E-state index is -0.536. The second kappa shape index (κ2) is 5.51. The Morgan fingerprint density at radius 3 is 2.37 bits per heavy atom. The molecule has 1 saturated heterocycles. The monoisotopic (exact) mass is 266 g/mol. The van der Waals surface area contributed by atoms with Gasteiger partial charge in [-0.05, 0) is 25.7 Å². The highest BCUT2D eigenvalue weighted by molar-refractivity contribution is 5.99. The maximum absolute atomic E-state index is 12.5. The van der Waals surface area contributed by atoms with Gasteiger partial charge in [0.1, 0.15) is 11.6 Å². The van der Waals surface area contributed by atoms with Crippen LogP contribution >= 0.6 is 0 Å². The summed E-state index contributed by atoms with van der Waals surface area (Å²) in [5.74, 6) is 0.677. The van der Waals surface area contributed by atoms with Crippen molar-refractivity contribution in [2.24, 2.45) is 5.92 Å². The summed E-state index contributed by atoms with van der Waals surface area (Å²) in [5, 5.41) is 2.87. The van der Waals surface area contributed by atoms with Gasteiger partial charge < -0.3 is 10.2 Å². The first-order chi connectivity index (χ1) is 9.05. The Bertz CT molecular complexity index is 357. The Morgan fingerprint density at radius 2 is 1.84 bits per heavy atom. The van der Waals surface area contributed by atoms with Crippen molar-refractivity contribution in [3.05, 3.63) is 0 Å².